The predicted molar refractivity (Wildman–Crippen MR) is 75.0 cm³/mol. The zero-order valence-electron chi connectivity index (χ0n) is 11.2. The topological polar surface area (TPSA) is 79.7 Å². The molecule has 0 radical (unpaired) electrons. The van der Waals surface area contributed by atoms with Crippen molar-refractivity contribution in [2.75, 3.05) is 19.8 Å². The molecule has 1 saturated heterocycles. The zero-order chi connectivity index (χ0) is 14.8. The predicted octanol–water partition coefficient (Wildman–Crippen LogP) is 1.16. The first kappa shape index (κ1) is 13.5. The van der Waals surface area contributed by atoms with Crippen LogP contribution in [-0.4, -0.2) is 52.7 Å². The van der Waals surface area contributed by atoms with E-state index >= 15 is 0 Å². The van der Waals surface area contributed by atoms with Crippen LogP contribution in [0.5, 0.6) is 0 Å². The lowest BCUT2D eigenvalue weighted by molar-refractivity contribution is -0.147. The third kappa shape index (κ3) is 2.45. The van der Waals surface area contributed by atoms with Gasteiger partial charge in [-0.25, -0.2) is 4.79 Å². The third-order valence-corrected chi connectivity index (χ3v) is 3.55. The SMILES string of the molecule is O=C(O)C1COCCN1C(=O)c1nccc2ccccc12. The summed E-state index contributed by atoms with van der Waals surface area (Å²) in [5.74, 6) is -1.44. The van der Waals surface area contributed by atoms with Crippen LogP contribution in [-0.2, 0) is 9.53 Å². The van der Waals surface area contributed by atoms with Crippen molar-refractivity contribution in [2.45, 2.75) is 6.04 Å². The fraction of sp³-hybridized carbons (Fsp3) is 0.267. The van der Waals surface area contributed by atoms with Gasteiger partial charge in [0.05, 0.1) is 13.2 Å². The molecule has 1 fully saturated rings. The van der Waals surface area contributed by atoms with Gasteiger partial charge in [0.1, 0.15) is 5.69 Å². The standard InChI is InChI=1S/C15H14N2O4/c18-14(17-7-8-21-9-12(17)15(19)20)13-11-4-2-1-3-10(11)5-6-16-13/h1-6,12H,7-9H2,(H,19,20). The molecule has 0 bridgehead atoms. The lowest BCUT2D eigenvalue weighted by Gasteiger charge is -2.32. The van der Waals surface area contributed by atoms with Crippen molar-refractivity contribution in [1.82, 2.24) is 9.88 Å². The van der Waals surface area contributed by atoms with E-state index in [0.717, 1.165) is 10.8 Å². The fourth-order valence-corrected chi connectivity index (χ4v) is 2.48. The zero-order valence-corrected chi connectivity index (χ0v) is 11.2. The van der Waals surface area contributed by atoms with Crippen LogP contribution >= 0.6 is 0 Å². The number of hydrogen-bond acceptors (Lipinski definition) is 4. The van der Waals surface area contributed by atoms with Gasteiger partial charge in [-0.2, -0.15) is 0 Å². The molecule has 2 aromatic rings. The number of aliphatic carboxylic acids is 1. The van der Waals surface area contributed by atoms with Crippen LogP contribution in [0.15, 0.2) is 36.5 Å². The molecule has 2 heterocycles. The van der Waals surface area contributed by atoms with Gasteiger partial charge in [-0.05, 0) is 11.5 Å². The Morgan fingerprint density at radius 2 is 2.10 bits per heavy atom. The van der Waals surface area contributed by atoms with E-state index in [1.807, 2.05) is 30.3 Å². The van der Waals surface area contributed by atoms with Gasteiger partial charge in [0.15, 0.2) is 6.04 Å². The number of carbonyl (C=O) groups is 2. The summed E-state index contributed by atoms with van der Waals surface area (Å²) in [6.45, 7) is 0.590. The molecule has 1 aliphatic heterocycles. The van der Waals surface area contributed by atoms with Crippen molar-refractivity contribution in [3.8, 4) is 0 Å². The Balaban J connectivity index is 2.01. The molecular weight excluding hydrogens is 272 g/mol. The molecule has 0 spiro atoms. The smallest absolute Gasteiger partial charge is 0.328 e. The fourth-order valence-electron chi connectivity index (χ4n) is 2.48. The largest absolute Gasteiger partial charge is 0.480 e. The Morgan fingerprint density at radius 1 is 1.29 bits per heavy atom. The summed E-state index contributed by atoms with van der Waals surface area (Å²) >= 11 is 0. The Labute approximate surface area is 121 Å². The van der Waals surface area contributed by atoms with Crippen LogP contribution in [0.3, 0.4) is 0 Å². The molecule has 108 valence electrons. The summed E-state index contributed by atoms with van der Waals surface area (Å²) in [4.78, 5) is 29.4. The van der Waals surface area contributed by atoms with E-state index in [1.54, 1.807) is 6.20 Å². The van der Waals surface area contributed by atoms with Gasteiger partial charge in [-0.15, -0.1) is 0 Å². The third-order valence-electron chi connectivity index (χ3n) is 3.55. The van der Waals surface area contributed by atoms with Gasteiger partial charge >= 0.3 is 5.97 Å². The Kier molecular flexibility index (Phi) is 3.53. The molecule has 1 atom stereocenters. The highest BCUT2D eigenvalue weighted by Crippen LogP contribution is 2.20. The summed E-state index contributed by atoms with van der Waals surface area (Å²) < 4.78 is 5.15. The summed E-state index contributed by atoms with van der Waals surface area (Å²) in [7, 11) is 0. The molecule has 3 rings (SSSR count). The maximum atomic E-state index is 12.7. The summed E-state index contributed by atoms with van der Waals surface area (Å²) in [5, 5.41) is 10.8. The molecule has 6 heteroatoms. The number of carbonyl (C=O) groups excluding carboxylic acids is 1. The van der Waals surface area contributed by atoms with Crippen LogP contribution in [0.1, 0.15) is 10.5 Å². The summed E-state index contributed by atoms with van der Waals surface area (Å²) in [6.07, 6.45) is 1.56. The number of ether oxygens (including phenoxy) is 1. The number of carboxylic acids is 1. The number of amides is 1. The number of rotatable bonds is 2. The molecule has 21 heavy (non-hydrogen) atoms. The second-order valence-electron chi connectivity index (χ2n) is 4.81. The number of morpholine rings is 1. The van der Waals surface area contributed by atoms with Crippen molar-refractivity contribution in [3.63, 3.8) is 0 Å². The van der Waals surface area contributed by atoms with Crippen molar-refractivity contribution in [2.24, 2.45) is 0 Å². The average molecular weight is 286 g/mol. The monoisotopic (exact) mass is 286 g/mol. The number of hydrogen-bond donors (Lipinski definition) is 1. The van der Waals surface area contributed by atoms with E-state index in [1.165, 1.54) is 4.90 Å². The van der Waals surface area contributed by atoms with Gasteiger partial charge in [-0.1, -0.05) is 24.3 Å². The lowest BCUT2D eigenvalue weighted by Crippen LogP contribution is -2.52. The quantitative estimate of drug-likeness (QED) is 0.896. The maximum Gasteiger partial charge on any atom is 0.328 e. The first-order chi connectivity index (χ1) is 10.2. The molecule has 0 saturated carbocycles. The van der Waals surface area contributed by atoms with Crippen LogP contribution in [0.25, 0.3) is 10.8 Å². The van der Waals surface area contributed by atoms with E-state index in [2.05, 4.69) is 4.98 Å². The molecule has 0 aliphatic carbocycles. The Hall–Kier alpha value is -2.47. The van der Waals surface area contributed by atoms with Gasteiger partial charge in [0, 0.05) is 18.1 Å². The van der Waals surface area contributed by atoms with Crippen molar-refractivity contribution in [1.29, 1.82) is 0 Å². The molecule has 1 aliphatic rings. The van der Waals surface area contributed by atoms with Gasteiger partial charge < -0.3 is 14.7 Å². The minimum absolute atomic E-state index is 0.00579. The first-order valence-electron chi connectivity index (χ1n) is 6.64. The number of fused-ring (bicyclic) bond motifs is 1. The molecule has 1 aromatic heterocycles. The second-order valence-corrected chi connectivity index (χ2v) is 4.81. The molecule has 1 aromatic carbocycles. The van der Waals surface area contributed by atoms with Crippen molar-refractivity contribution < 1.29 is 19.4 Å². The van der Waals surface area contributed by atoms with Crippen molar-refractivity contribution >= 4 is 22.6 Å². The normalized spacial score (nSPS) is 18.7. The summed E-state index contributed by atoms with van der Waals surface area (Å²) in [6, 6.07) is 8.26. The number of carboxylic acid groups (broad SMARTS) is 1. The maximum absolute atomic E-state index is 12.7. The number of nitrogens with zero attached hydrogens (tertiary/aromatic N) is 2. The van der Waals surface area contributed by atoms with Gasteiger partial charge in [-0.3, -0.25) is 9.78 Å². The van der Waals surface area contributed by atoms with Crippen LogP contribution in [0, 0.1) is 0 Å². The molecule has 6 nitrogen and oxygen atoms in total. The van der Waals surface area contributed by atoms with E-state index in [-0.39, 0.29) is 24.8 Å². The minimum Gasteiger partial charge on any atom is -0.480 e. The number of pyridine rings is 1. The highest BCUT2D eigenvalue weighted by atomic mass is 16.5. The summed E-state index contributed by atoms with van der Waals surface area (Å²) in [5.41, 5.74) is 0.279. The van der Waals surface area contributed by atoms with E-state index in [9.17, 15) is 14.7 Å². The first-order valence-corrected chi connectivity index (χ1v) is 6.64. The molecule has 1 unspecified atom stereocenters. The van der Waals surface area contributed by atoms with Crippen LogP contribution in [0.2, 0.25) is 0 Å². The number of benzene rings is 1. The lowest BCUT2D eigenvalue weighted by atomic mass is 10.1. The van der Waals surface area contributed by atoms with E-state index in [4.69, 9.17) is 4.74 Å². The molecule has 1 amide bonds. The highest BCUT2D eigenvalue weighted by Gasteiger charge is 2.34. The molecule has 1 N–H and O–H groups in total. The average Bonchev–Trinajstić information content (AvgIpc) is 2.53. The van der Waals surface area contributed by atoms with Crippen LogP contribution < -0.4 is 0 Å². The van der Waals surface area contributed by atoms with E-state index in [0.29, 0.717) is 6.61 Å². The Bertz CT molecular complexity index is 696. The Morgan fingerprint density at radius 3 is 2.90 bits per heavy atom. The van der Waals surface area contributed by atoms with Gasteiger partial charge in [0.2, 0.25) is 0 Å². The number of aromatic nitrogens is 1. The van der Waals surface area contributed by atoms with Crippen molar-refractivity contribution in [3.05, 3.63) is 42.2 Å². The van der Waals surface area contributed by atoms with E-state index < -0.39 is 12.0 Å². The highest BCUT2D eigenvalue weighted by molar-refractivity contribution is 6.06. The van der Waals surface area contributed by atoms with Gasteiger partial charge in [0.25, 0.3) is 5.91 Å². The molecular formula is C15H14N2O4. The minimum atomic E-state index is -1.07. The second kappa shape index (κ2) is 5.49. The van der Waals surface area contributed by atoms with Crippen LogP contribution in [0.4, 0.5) is 0 Å².